The summed E-state index contributed by atoms with van der Waals surface area (Å²) in [5.41, 5.74) is 2.31. The number of nitrogens with one attached hydrogen (secondary N) is 1. The fourth-order valence-corrected chi connectivity index (χ4v) is 2.21. The maximum atomic E-state index is 4.44. The number of thiophene rings is 1. The molecule has 16 heavy (non-hydrogen) atoms. The zero-order valence-corrected chi connectivity index (χ0v) is 10.1. The molecule has 2 heterocycles. The quantitative estimate of drug-likeness (QED) is 0.804. The first kappa shape index (κ1) is 11.0. The number of aromatic nitrogens is 2. The summed E-state index contributed by atoms with van der Waals surface area (Å²) >= 11 is 1.71. The average molecular weight is 233 g/mol. The van der Waals surface area contributed by atoms with Gasteiger partial charge in [-0.3, -0.25) is 0 Å². The summed E-state index contributed by atoms with van der Waals surface area (Å²) in [4.78, 5) is 4.44. The van der Waals surface area contributed by atoms with Crippen LogP contribution in [0, 0.1) is 6.92 Å². The molecule has 0 spiro atoms. The molecule has 0 saturated carbocycles. The van der Waals surface area contributed by atoms with Gasteiger partial charge in [0.25, 0.3) is 0 Å². The van der Waals surface area contributed by atoms with Crippen molar-refractivity contribution in [1.82, 2.24) is 9.55 Å². The summed E-state index contributed by atoms with van der Waals surface area (Å²) in [5.74, 6) is 0.906. The van der Waals surface area contributed by atoms with Gasteiger partial charge >= 0.3 is 0 Å². The van der Waals surface area contributed by atoms with Crippen molar-refractivity contribution in [3.8, 4) is 0 Å². The van der Waals surface area contributed by atoms with Crippen LogP contribution in [0.4, 0.5) is 5.95 Å². The van der Waals surface area contributed by atoms with Crippen LogP contribution < -0.4 is 5.32 Å². The minimum absolute atomic E-state index is 0.785. The van der Waals surface area contributed by atoms with Gasteiger partial charge in [-0.2, -0.15) is 11.3 Å². The third-order valence-electron chi connectivity index (χ3n) is 2.25. The van der Waals surface area contributed by atoms with E-state index in [1.807, 2.05) is 19.2 Å². The molecule has 0 aliphatic rings. The van der Waals surface area contributed by atoms with E-state index < -0.39 is 0 Å². The van der Waals surface area contributed by atoms with E-state index in [4.69, 9.17) is 0 Å². The Kier molecular flexibility index (Phi) is 3.41. The molecule has 2 aromatic heterocycles. The number of hydrogen-bond donors (Lipinski definition) is 1. The lowest BCUT2D eigenvalue weighted by atomic mass is 10.3. The first-order chi connectivity index (χ1) is 7.79. The topological polar surface area (TPSA) is 29.9 Å². The van der Waals surface area contributed by atoms with Gasteiger partial charge in [0, 0.05) is 19.3 Å². The molecule has 2 rings (SSSR count). The minimum Gasteiger partial charge on any atom is -0.352 e. The summed E-state index contributed by atoms with van der Waals surface area (Å²) in [7, 11) is 0. The molecule has 0 unspecified atom stereocenters. The highest BCUT2D eigenvalue weighted by Crippen LogP contribution is 2.12. The van der Waals surface area contributed by atoms with Crippen LogP contribution in [0.2, 0.25) is 0 Å². The largest absolute Gasteiger partial charge is 0.352 e. The Bertz CT molecular complexity index is 457. The average Bonchev–Trinajstić information content (AvgIpc) is 2.86. The summed E-state index contributed by atoms with van der Waals surface area (Å²) in [6, 6.07) is 2.12. The van der Waals surface area contributed by atoms with Gasteiger partial charge in [-0.15, -0.1) is 6.58 Å². The van der Waals surface area contributed by atoms with Crippen molar-refractivity contribution in [2.24, 2.45) is 0 Å². The SMILES string of the molecule is C=CCn1cc(C)nc1NCc1ccsc1. The second kappa shape index (κ2) is 4.99. The van der Waals surface area contributed by atoms with Crippen LogP contribution >= 0.6 is 11.3 Å². The fourth-order valence-electron chi connectivity index (χ4n) is 1.54. The van der Waals surface area contributed by atoms with Crippen LogP contribution in [0.25, 0.3) is 0 Å². The van der Waals surface area contributed by atoms with Crippen LogP contribution in [-0.2, 0) is 13.1 Å². The highest BCUT2D eigenvalue weighted by molar-refractivity contribution is 7.07. The fraction of sp³-hybridized carbons (Fsp3) is 0.250. The Hall–Kier alpha value is -1.55. The zero-order chi connectivity index (χ0) is 11.4. The lowest BCUT2D eigenvalue weighted by Gasteiger charge is -2.06. The predicted molar refractivity (Wildman–Crippen MR) is 68.8 cm³/mol. The highest BCUT2D eigenvalue weighted by atomic mass is 32.1. The van der Waals surface area contributed by atoms with Crippen molar-refractivity contribution in [2.45, 2.75) is 20.0 Å². The van der Waals surface area contributed by atoms with Crippen LogP contribution in [0.1, 0.15) is 11.3 Å². The minimum atomic E-state index is 0.785. The smallest absolute Gasteiger partial charge is 0.203 e. The second-order valence-corrected chi connectivity index (χ2v) is 4.41. The molecule has 3 nitrogen and oxygen atoms in total. The Balaban J connectivity index is 2.05. The van der Waals surface area contributed by atoms with E-state index in [1.165, 1.54) is 5.56 Å². The van der Waals surface area contributed by atoms with E-state index >= 15 is 0 Å². The molecule has 4 heteroatoms. The number of anilines is 1. The van der Waals surface area contributed by atoms with Gasteiger partial charge in [0.05, 0.1) is 5.69 Å². The van der Waals surface area contributed by atoms with E-state index in [9.17, 15) is 0 Å². The van der Waals surface area contributed by atoms with E-state index in [1.54, 1.807) is 11.3 Å². The van der Waals surface area contributed by atoms with Crippen LogP contribution in [-0.4, -0.2) is 9.55 Å². The Morgan fingerprint density at radius 2 is 2.50 bits per heavy atom. The summed E-state index contributed by atoms with van der Waals surface area (Å²) in [6.07, 6.45) is 3.90. The molecule has 0 fully saturated rings. The van der Waals surface area contributed by atoms with Crippen molar-refractivity contribution in [3.63, 3.8) is 0 Å². The lowest BCUT2D eigenvalue weighted by Crippen LogP contribution is -2.05. The summed E-state index contributed by atoms with van der Waals surface area (Å²) in [5, 5.41) is 7.55. The highest BCUT2D eigenvalue weighted by Gasteiger charge is 2.03. The van der Waals surface area contributed by atoms with Crippen molar-refractivity contribution < 1.29 is 0 Å². The molecule has 0 atom stereocenters. The van der Waals surface area contributed by atoms with Gasteiger partial charge in [-0.1, -0.05) is 6.08 Å². The first-order valence-electron chi connectivity index (χ1n) is 5.19. The molecule has 0 amide bonds. The number of imidazole rings is 1. The molecule has 0 saturated heterocycles. The van der Waals surface area contributed by atoms with Crippen LogP contribution in [0.3, 0.4) is 0 Å². The van der Waals surface area contributed by atoms with E-state index in [0.717, 1.165) is 24.7 Å². The first-order valence-corrected chi connectivity index (χ1v) is 6.13. The lowest BCUT2D eigenvalue weighted by molar-refractivity contribution is 0.819. The van der Waals surface area contributed by atoms with Gasteiger partial charge in [0.1, 0.15) is 0 Å². The number of allylic oxidation sites excluding steroid dienone is 1. The van der Waals surface area contributed by atoms with Gasteiger partial charge < -0.3 is 9.88 Å². The second-order valence-electron chi connectivity index (χ2n) is 3.63. The van der Waals surface area contributed by atoms with Crippen molar-refractivity contribution in [2.75, 3.05) is 5.32 Å². The van der Waals surface area contributed by atoms with Gasteiger partial charge in [0.2, 0.25) is 5.95 Å². The molecule has 1 N–H and O–H groups in total. The summed E-state index contributed by atoms with van der Waals surface area (Å²) in [6.45, 7) is 7.34. The van der Waals surface area contributed by atoms with E-state index in [-0.39, 0.29) is 0 Å². The van der Waals surface area contributed by atoms with Crippen LogP contribution in [0.5, 0.6) is 0 Å². The number of aryl methyl sites for hydroxylation is 1. The normalized spacial score (nSPS) is 10.3. The standard InChI is InChI=1S/C12H15N3S/c1-3-5-15-8-10(2)14-12(15)13-7-11-4-6-16-9-11/h3-4,6,8-9H,1,5,7H2,2H3,(H,13,14). The monoisotopic (exact) mass is 233 g/mol. The number of nitrogens with zero attached hydrogens (tertiary/aromatic N) is 2. The zero-order valence-electron chi connectivity index (χ0n) is 9.31. The van der Waals surface area contributed by atoms with Crippen LogP contribution in [0.15, 0.2) is 35.7 Å². The predicted octanol–water partition coefficient (Wildman–Crippen LogP) is 3.05. The summed E-state index contributed by atoms with van der Waals surface area (Å²) < 4.78 is 2.06. The van der Waals surface area contributed by atoms with Gasteiger partial charge in [-0.05, 0) is 29.3 Å². The third kappa shape index (κ3) is 2.52. The molecule has 0 aromatic carbocycles. The Labute approximate surface area is 99.5 Å². The maximum Gasteiger partial charge on any atom is 0.203 e. The van der Waals surface area contributed by atoms with Crippen molar-refractivity contribution in [1.29, 1.82) is 0 Å². The van der Waals surface area contributed by atoms with Crippen molar-refractivity contribution >= 4 is 17.3 Å². The van der Waals surface area contributed by atoms with Gasteiger partial charge in [0.15, 0.2) is 0 Å². The van der Waals surface area contributed by atoms with Crippen molar-refractivity contribution in [3.05, 3.63) is 46.9 Å². The Morgan fingerprint density at radius 3 is 3.19 bits per heavy atom. The third-order valence-corrected chi connectivity index (χ3v) is 2.99. The molecule has 0 radical (unpaired) electrons. The van der Waals surface area contributed by atoms with E-state index in [0.29, 0.717) is 0 Å². The maximum absolute atomic E-state index is 4.44. The van der Waals surface area contributed by atoms with Gasteiger partial charge in [-0.25, -0.2) is 4.98 Å². The molecule has 0 aliphatic carbocycles. The van der Waals surface area contributed by atoms with E-state index in [2.05, 4.69) is 38.3 Å². The Morgan fingerprint density at radius 1 is 1.62 bits per heavy atom. The molecular weight excluding hydrogens is 218 g/mol. The number of hydrogen-bond acceptors (Lipinski definition) is 3. The molecular formula is C12H15N3S. The molecule has 0 aliphatic heterocycles. The molecule has 84 valence electrons. The number of rotatable bonds is 5. The molecule has 2 aromatic rings. The molecule has 0 bridgehead atoms.